The minimum atomic E-state index is -0.154. The first-order chi connectivity index (χ1) is 8.69. The van der Waals surface area contributed by atoms with Crippen LogP contribution in [0.15, 0.2) is 35.1 Å². The molecular weight excluding hydrogens is 335 g/mol. The van der Waals surface area contributed by atoms with Crippen LogP contribution in [0.5, 0.6) is 0 Å². The molecule has 1 heterocycles. The van der Waals surface area contributed by atoms with E-state index < -0.39 is 0 Å². The van der Waals surface area contributed by atoms with Crippen LogP contribution in [0.1, 0.15) is 19.4 Å². The largest absolute Gasteiger partial charge is 0.341 e. The number of nitrogens with zero attached hydrogens (tertiary/aromatic N) is 1. The zero-order chi connectivity index (χ0) is 13.1. The minimum Gasteiger partial charge on any atom is -0.341 e. The predicted molar refractivity (Wildman–Crippen MR) is 75.0 cm³/mol. The summed E-state index contributed by atoms with van der Waals surface area (Å²) >= 11 is 5.86. The van der Waals surface area contributed by atoms with Crippen LogP contribution >= 0.6 is 11.6 Å². The molecule has 0 N–H and O–H groups in total. The van der Waals surface area contributed by atoms with E-state index in [-0.39, 0.29) is 43.3 Å². The Kier molecular flexibility index (Phi) is 6.45. The summed E-state index contributed by atoms with van der Waals surface area (Å²) in [6.07, 6.45) is 0.921. The Labute approximate surface area is 143 Å². The normalized spacial score (nSPS) is 10.1. The van der Waals surface area contributed by atoms with E-state index in [4.69, 9.17) is 11.6 Å². The van der Waals surface area contributed by atoms with Gasteiger partial charge in [-0.25, -0.2) is 0 Å². The second-order valence-corrected chi connectivity index (χ2v) is 4.45. The third-order valence-corrected chi connectivity index (χ3v) is 3.30. The maximum Gasteiger partial charge on any atom is 0.212 e. The molecule has 19 heavy (non-hydrogen) atoms. The molecule has 2 rings (SSSR count). The third-order valence-electron chi connectivity index (χ3n) is 3.02. The van der Waals surface area contributed by atoms with Crippen molar-refractivity contribution in [1.29, 1.82) is 0 Å². The van der Waals surface area contributed by atoms with Crippen LogP contribution in [0, 0.1) is 6.07 Å². The molecular formula is C15H15ClNOY-. The molecule has 0 saturated heterocycles. The van der Waals surface area contributed by atoms with Gasteiger partial charge in [0.15, 0.2) is 0 Å². The Morgan fingerprint density at radius 2 is 1.95 bits per heavy atom. The van der Waals surface area contributed by atoms with Crippen molar-refractivity contribution in [3.63, 3.8) is 0 Å². The van der Waals surface area contributed by atoms with Crippen molar-refractivity contribution in [3.05, 3.63) is 57.3 Å². The van der Waals surface area contributed by atoms with Crippen molar-refractivity contribution in [2.45, 2.75) is 26.8 Å². The van der Waals surface area contributed by atoms with Crippen LogP contribution in [0.4, 0.5) is 0 Å². The van der Waals surface area contributed by atoms with Gasteiger partial charge >= 0.3 is 0 Å². The molecule has 0 atom stereocenters. The van der Waals surface area contributed by atoms with Gasteiger partial charge in [-0.2, -0.15) is 23.7 Å². The zero-order valence-corrected chi connectivity index (χ0v) is 14.7. The number of pyridine rings is 1. The molecule has 1 aromatic carbocycles. The fourth-order valence-corrected chi connectivity index (χ4v) is 2.24. The van der Waals surface area contributed by atoms with Gasteiger partial charge in [0.2, 0.25) is 5.56 Å². The van der Waals surface area contributed by atoms with Crippen molar-refractivity contribution in [1.82, 2.24) is 4.57 Å². The second kappa shape index (κ2) is 7.37. The Morgan fingerprint density at radius 3 is 2.58 bits per heavy atom. The fraction of sp³-hybridized carbons (Fsp3) is 0.267. The second-order valence-electron chi connectivity index (χ2n) is 4.05. The molecule has 0 fully saturated rings. The average Bonchev–Trinajstić information content (AvgIpc) is 2.41. The van der Waals surface area contributed by atoms with Crippen LogP contribution in [0.2, 0.25) is 5.02 Å². The molecule has 0 saturated carbocycles. The summed E-state index contributed by atoms with van der Waals surface area (Å²) in [4.78, 5) is 12.0. The standard InChI is InChI=1S/C15H15ClNO.Y/c1-3-11-7-5-6-8-12(11)14-10-9-13(16)15(18)17(14)4-2;/h5-9H,3-4H2,1-2H3;/q-1;. The van der Waals surface area contributed by atoms with E-state index in [0.29, 0.717) is 6.54 Å². The Morgan fingerprint density at radius 1 is 1.26 bits per heavy atom. The molecule has 2 nitrogen and oxygen atoms in total. The van der Waals surface area contributed by atoms with E-state index in [1.807, 2.05) is 25.1 Å². The quantitative estimate of drug-likeness (QED) is 0.777. The summed E-state index contributed by atoms with van der Waals surface area (Å²) in [7, 11) is 0. The van der Waals surface area contributed by atoms with E-state index >= 15 is 0 Å². The topological polar surface area (TPSA) is 22.0 Å². The number of benzene rings is 1. The predicted octanol–water partition coefficient (Wildman–Crippen LogP) is 3.55. The first kappa shape index (κ1) is 16.6. The van der Waals surface area contributed by atoms with Crippen LogP contribution in [-0.2, 0) is 45.7 Å². The van der Waals surface area contributed by atoms with Gasteiger partial charge in [-0.05, 0) is 13.3 Å². The number of rotatable bonds is 3. The van der Waals surface area contributed by atoms with Crippen molar-refractivity contribution in [3.8, 4) is 11.3 Å². The molecule has 0 aliphatic rings. The Bertz CT molecular complexity index is 622. The van der Waals surface area contributed by atoms with Gasteiger partial charge in [0.25, 0.3) is 0 Å². The molecule has 0 amide bonds. The molecule has 0 unspecified atom stereocenters. The molecule has 0 bridgehead atoms. The van der Waals surface area contributed by atoms with Gasteiger partial charge in [0, 0.05) is 44.3 Å². The average molecular weight is 350 g/mol. The molecule has 0 aliphatic heterocycles. The summed E-state index contributed by atoms with van der Waals surface area (Å²) in [5.41, 5.74) is 2.91. The van der Waals surface area contributed by atoms with Crippen LogP contribution < -0.4 is 5.56 Å². The van der Waals surface area contributed by atoms with Crippen molar-refractivity contribution in [2.24, 2.45) is 0 Å². The summed E-state index contributed by atoms with van der Waals surface area (Å²) in [5, 5.41) is 0.217. The monoisotopic (exact) mass is 349 g/mol. The molecule has 1 aromatic heterocycles. The van der Waals surface area contributed by atoms with Gasteiger partial charge in [-0.15, -0.1) is 6.07 Å². The van der Waals surface area contributed by atoms with E-state index in [0.717, 1.165) is 17.7 Å². The first-order valence-corrected chi connectivity index (χ1v) is 6.46. The van der Waals surface area contributed by atoms with Gasteiger partial charge < -0.3 is 4.57 Å². The number of aryl methyl sites for hydroxylation is 1. The van der Waals surface area contributed by atoms with Crippen molar-refractivity contribution < 1.29 is 32.7 Å². The van der Waals surface area contributed by atoms with Crippen LogP contribution in [-0.4, -0.2) is 4.57 Å². The molecule has 97 valence electrons. The summed E-state index contributed by atoms with van der Waals surface area (Å²) < 4.78 is 1.66. The fourth-order valence-electron chi connectivity index (χ4n) is 2.09. The molecule has 0 spiro atoms. The minimum absolute atomic E-state index is 0. The third kappa shape index (κ3) is 3.36. The Balaban J connectivity index is 0.00000180. The van der Waals surface area contributed by atoms with E-state index in [2.05, 4.69) is 19.1 Å². The molecule has 4 heteroatoms. The SMILES string of the molecule is CCc1ccccc1-c1[c-]cc(Cl)c(=O)n1CC.[Y]. The molecule has 1 radical (unpaired) electrons. The zero-order valence-electron chi connectivity index (χ0n) is 11.1. The van der Waals surface area contributed by atoms with Gasteiger partial charge in [0.05, 0.1) is 0 Å². The summed E-state index contributed by atoms with van der Waals surface area (Å²) in [6.45, 7) is 4.62. The van der Waals surface area contributed by atoms with E-state index in [1.165, 1.54) is 5.56 Å². The molecule has 2 aromatic rings. The van der Waals surface area contributed by atoms with E-state index in [9.17, 15) is 4.79 Å². The summed E-state index contributed by atoms with van der Waals surface area (Å²) in [6, 6.07) is 12.7. The number of hydrogen-bond donors (Lipinski definition) is 0. The maximum absolute atomic E-state index is 12.0. The van der Waals surface area contributed by atoms with Crippen molar-refractivity contribution in [2.75, 3.05) is 0 Å². The van der Waals surface area contributed by atoms with Gasteiger partial charge in [-0.3, -0.25) is 4.79 Å². The van der Waals surface area contributed by atoms with Gasteiger partial charge in [0.1, 0.15) is 0 Å². The van der Waals surface area contributed by atoms with Gasteiger partial charge in [-0.1, -0.05) is 41.9 Å². The Hall–Kier alpha value is -0.436. The summed E-state index contributed by atoms with van der Waals surface area (Å²) in [5.74, 6) is 0. The maximum atomic E-state index is 12.0. The number of aromatic nitrogens is 1. The van der Waals surface area contributed by atoms with Crippen LogP contribution in [0.25, 0.3) is 11.3 Å². The first-order valence-electron chi connectivity index (χ1n) is 6.08. The number of halogens is 1. The number of hydrogen-bond acceptors (Lipinski definition) is 1. The van der Waals surface area contributed by atoms with E-state index in [1.54, 1.807) is 10.6 Å². The van der Waals surface area contributed by atoms with Crippen molar-refractivity contribution >= 4 is 11.6 Å². The van der Waals surface area contributed by atoms with Crippen LogP contribution in [0.3, 0.4) is 0 Å². The smallest absolute Gasteiger partial charge is 0.212 e. The molecule has 0 aliphatic carbocycles.